The molecule has 0 aliphatic heterocycles. The van der Waals surface area contributed by atoms with Crippen molar-refractivity contribution in [2.24, 2.45) is 0 Å². The Morgan fingerprint density at radius 2 is 1.19 bits per heavy atom. The average molecular weight is 369 g/mol. The minimum Gasteiger partial charge on any atom is -0.287 e. The Kier molecular flexibility index (Phi) is 5.29. The molecule has 4 heteroatoms. The lowest BCUT2D eigenvalue weighted by Crippen LogP contribution is -2.26. The Morgan fingerprint density at radius 3 is 1.73 bits per heavy atom. The highest BCUT2D eigenvalue weighted by Crippen LogP contribution is 2.31. The number of halogens is 3. The van der Waals surface area contributed by atoms with Gasteiger partial charge >= 0.3 is 5.92 Å². The first-order valence-electron chi connectivity index (χ1n) is 7.99. The SMILES string of the molecule is O=C(c1ccccc1)C(F)(F)/C=C(/c1ccccc1)c1ccc(Cl)cc1. The van der Waals surface area contributed by atoms with Gasteiger partial charge in [-0.3, -0.25) is 4.79 Å². The molecule has 0 aliphatic carbocycles. The van der Waals surface area contributed by atoms with Crippen LogP contribution >= 0.6 is 11.6 Å². The first-order chi connectivity index (χ1) is 12.5. The van der Waals surface area contributed by atoms with Crippen LogP contribution in [0.25, 0.3) is 5.57 Å². The van der Waals surface area contributed by atoms with Crippen LogP contribution in [0.3, 0.4) is 0 Å². The number of alkyl halides is 2. The Hall–Kier alpha value is -2.78. The summed E-state index contributed by atoms with van der Waals surface area (Å²) in [6.07, 6.45) is 0.723. The third-order valence-electron chi connectivity index (χ3n) is 3.90. The number of rotatable bonds is 5. The second-order valence-electron chi connectivity index (χ2n) is 5.75. The molecule has 3 aromatic carbocycles. The van der Waals surface area contributed by atoms with E-state index in [2.05, 4.69) is 0 Å². The summed E-state index contributed by atoms with van der Waals surface area (Å²) in [7, 11) is 0. The van der Waals surface area contributed by atoms with E-state index in [4.69, 9.17) is 11.6 Å². The van der Waals surface area contributed by atoms with Gasteiger partial charge in [-0.1, -0.05) is 84.4 Å². The summed E-state index contributed by atoms with van der Waals surface area (Å²) >= 11 is 5.90. The van der Waals surface area contributed by atoms with Crippen molar-refractivity contribution in [1.82, 2.24) is 0 Å². The largest absolute Gasteiger partial charge is 0.329 e. The number of Topliss-reactive ketones (excluding diaryl/α,β-unsaturated/α-hetero) is 1. The molecule has 26 heavy (non-hydrogen) atoms. The van der Waals surface area contributed by atoms with Crippen LogP contribution in [0.5, 0.6) is 0 Å². The van der Waals surface area contributed by atoms with Crippen LogP contribution in [-0.4, -0.2) is 11.7 Å². The van der Waals surface area contributed by atoms with Crippen molar-refractivity contribution in [2.75, 3.05) is 0 Å². The molecule has 3 aromatic rings. The maximum Gasteiger partial charge on any atom is 0.329 e. The minimum atomic E-state index is -3.65. The summed E-state index contributed by atoms with van der Waals surface area (Å²) in [4.78, 5) is 12.3. The van der Waals surface area contributed by atoms with Gasteiger partial charge in [-0.25, -0.2) is 0 Å². The zero-order valence-electron chi connectivity index (χ0n) is 13.7. The van der Waals surface area contributed by atoms with Gasteiger partial charge in [0.15, 0.2) is 0 Å². The summed E-state index contributed by atoms with van der Waals surface area (Å²) in [5, 5.41) is 0.508. The fourth-order valence-electron chi connectivity index (χ4n) is 2.61. The minimum absolute atomic E-state index is 0.0303. The second kappa shape index (κ2) is 7.63. The smallest absolute Gasteiger partial charge is 0.287 e. The fourth-order valence-corrected chi connectivity index (χ4v) is 2.74. The number of carbonyl (C=O) groups excluding carboxylic acids is 1. The van der Waals surface area contributed by atoms with Crippen molar-refractivity contribution in [1.29, 1.82) is 0 Å². The molecule has 0 amide bonds. The highest BCUT2D eigenvalue weighted by molar-refractivity contribution is 6.30. The number of carbonyl (C=O) groups is 1. The van der Waals surface area contributed by atoms with Crippen molar-refractivity contribution in [3.05, 3.63) is 113 Å². The van der Waals surface area contributed by atoms with Gasteiger partial charge < -0.3 is 0 Å². The summed E-state index contributed by atoms with van der Waals surface area (Å²) in [5.74, 6) is -4.88. The molecule has 1 nitrogen and oxygen atoms in total. The first-order valence-corrected chi connectivity index (χ1v) is 8.37. The molecule has 130 valence electrons. The molecule has 0 unspecified atom stereocenters. The maximum atomic E-state index is 14.8. The third kappa shape index (κ3) is 4.06. The molecule has 0 aliphatic rings. The van der Waals surface area contributed by atoms with Gasteiger partial charge in [0, 0.05) is 16.7 Å². The summed E-state index contributed by atoms with van der Waals surface area (Å²) < 4.78 is 29.5. The number of benzene rings is 3. The van der Waals surface area contributed by atoms with E-state index in [1.807, 2.05) is 0 Å². The van der Waals surface area contributed by atoms with Crippen LogP contribution in [0.1, 0.15) is 21.5 Å². The van der Waals surface area contributed by atoms with E-state index in [-0.39, 0.29) is 11.1 Å². The fraction of sp³-hybridized carbons (Fsp3) is 0.0455. The molecule has 3 rings (SSSR count). The van der Waals surface area contributed by atoms with Gasteiger partial charge in [-0.15, -0.1) is 0 Å². The second-order valence-corrected chi connectivity index (χ2v) is 6.19. The molecular formula is C22H15ClF2O. The van der Waals surface area contributed by atoms with Gasteiger partial charge in [-0.2, -0.15) is 8.78 Å². The van der Waals surface area contributed by atoms with Crippen molar-refractivity contribution in [3.63, 3.8) is 0 Å². The molecule has 0 saturated heterocycles. The van der Waals surface area contributed by atoms with Crippen LogP contribution < -0.4 is 0 Å². The Labute approximate surface area is 155 Å². The van der Waals surface area contributed by atoms with Crippen LogP contribution in [-0.2, 0) is 0 Å². The highest BCUT2D eigenvalue weighted by atomic mass is 35.5. The van der Waals surface area contributed by atoms with Gasteiger partial charge in [0.05, 0.1) is 0 Å². The number of allylic oxidation sites excluding steroid dienone is 1. The van der Waals surface area contributed by atoms with Crippen LogP contribution in [0, 0.1) is 0 Å². The average Bonchev–Trinajstić information content (AvgIpc) is 2.68. The molecule has 0 saturated carbocycles. The quantitative estimate of drug-likeness (QED) is 0.484. The van der Waals surface area contributed by atoms with E-state index >= 15 is 0 Å². The molecule has 0 aromatic heterocycles. The van der Waals surface area contributed by atoms with E-state index in [1.165, 1.54) is 12.1 Å². The molecule has 0 atom stereocenters. The van der Waals surface area contributed by atoms with Gasteiger partial charge in [-0.05, 0) is 28.8 Å². The topological polar surface area (TPSA) is 17.1 Å². The Balaban J connectivity index is 2.08. The van der Waals surface area contributed by atoms with E-state index in [0.717, 1.165) is 6.08 Å². The highest BCUT2D eigenvalue weighted by Gasteiger charge is 2.37. The molecular weight excluding hydrogens is 354 g/mol. The van der Waals surface area contributed by atoms with E-state index < -0.39 is 11.7 Å². The lowest BCUT2D eigenvalue weighted by atomic mass is 9.94. The monoisotopic (exact) mass is 368 g/mol. The van der Waals surface area contributed by atoms with Crippen LogP contribution in [0.2, 0.25) is 5.02 Å². The molecule has 0 bridgehead atoms. The zero-order chi connectivity index (χ0) is 18.6. The normalized spacial score (nSPS) is 12.0. The van der Waals surface area contributed by atoms with Crippen molar-refractivity contribution in [3.8, 4) is 0 Å². The number of hydrogen-bond donors (Lipinski definition) is 0. The van der Waals surface area contributed by atoms with Crippen molar-refractivity contribution in [2.45, 2.75) is 5.92 Å². The Bertz CT molecular complexity index is 917. The lowest BCUT2D eigenvalue weighted by molar-refractivity contribution is 0.0384. The standard InChI is InChI=1S/C22H15ClF2O/c23-19-13-11-17(12-14-19)20(16-7-3-1-4-8-16)15-22(24,25)21(26)18-9-5-2-6-10-18/h1-15H/b20-15-. The summed E-state index contributed by atoms with van der Waals surface area (Å²) in [5.41, 5.74) is 1.39. The summed E-state index contributed by atoms with van der Waals surface area (Å²) in [6, 6.07) is 22.9. The van der Waals surface area contributed by atoms with E-state index in [1.54, 1.807) is 72.8 Å². The first kappa shape index (κ1) is 18.0. The Morgan fingerprint density at radius 1 is 0.731 bits per heavy atom. The predicted octanol–water partition coefficient (Wildman–Crippen LogP) is 6.29. The van der Waals surface area contributed by atoms with Crippen LogP contribution in [0.15, 0.2) is 91.0 Å². The number of hydrogen-bond acceptors (Lipinski definition) is 1. The molecule has 0 radical (unpaired) electrons. The van der Waals surface area contributed by atoms with Gasteiger partial charge in [0.25, 0.3) is 0 Å². The van der Waals surface area contributed by atoms with Gasteiger partial charge in [0.2, 0.25) is 5.78 Å². The van der Waals surface area contributed by atoms with E-state index in [0.29, 0.717) is 16.1 Å². The predicted molar refractivity (Wildman–Crippen MR) is 101 cm³/mol. The van der Waals surface area contributed by atoms with Crippen LogP contribution in [0.4, 0.5) is 8.78 Å². The maximum absolute atomic E-state index is 14.8. The molecule has 0 heterocycles. The van der Waals surface area contributed by atoms with Gasteiger partial charge in [0.1, 0.15) is 0 Å². The molecule has 0 N–H and O–H groups in total. The summed E-state index contributed by atoms with van der Waals surface area (Å²) in [6.45, 7) is 0. The number of ketones is 1. The third-order valence-corrected chi connectivity index (χ3v) is 4.16. The van der Waals surface area contributed by atoms with Crippen molar-refractivity contribution < 1.29 is 13.6 Å². The molecule has 0 spiro atoms. The lowest BCUT2D eigenvalue weighted by Gasteiger charge is -2.15. The van der Waals surface area contributed by atoms with E-state index in [9.17, 15) is 13.6 Å². The van der Waals surface area contributed by atoms with Crippen molar-refractivity contribution >= 4 is 23.0 Å². The zero-order valence-corrected chi connectivity index (χ0v) is 14.5. The molecule has 0 fully saturated rings.